The molecule has 48 heavy (non-hydrogen) atoms. The molecule has 0 radical (unpaired) electrons. The summed E-state index contributed by atoms with van der Waals surface area (Å²) in [6.07, 6.45) is 10.1. The molecule has 5 atom stereocenters. The van der Waals surface area contributed by atoms with Crippen LogP contribution in [-0.2, 0) is 30.8 Å². The zero-order valence-corrected chi connectivity index (χ0v) is 29.9. The van der Waals surface area contributed by atoms with Crippen LogP contribution in [0.2, 0.25) is 0 Å². The highest BCUT2D eigenvalue weighted by Gasteiger charge is 2.61. The van der Waals surface area contributed by atoms with Crippen LogP contribution in [-0.4, -0.2) is 59.8 Å². The first-order valence-corrected chi connectivity index (χ1v) is 20.1. The Kier molecular flexibility index (Phi) is 9.51. The third-order valence-corrected chi connectivity index (χ3v) is 13.5. The number of hydrogen-bond donors (Lipinski definition) is 1. The molecule has 3 aromatic rings. The fourth-order valence-corrected chi connectivity index (χ4v) is 10.1. The highest BCUT2D eigenvalue weighted by Crippen LogP contribution is 2.57. The van der Waals surface area contributed by atoms with E-state index < -0.39 is 38.7 Å². The molecule has 1 aromatic heterocycles. The van der Waals surface area contributed by atoms with Gasteiger partial charge in [-0.1, -0.05) is 82.6 Å². The molecule has 2 amide bonds. The zero-order valence-electron chi connectivity index (χ0n) is 26.7. The quantitative estimate of drug-likeness (QED) is 0.279. The number of sulfonamides is 1. The number of thiazole rings is 1. The average molecular weight is 755 g/mol. The molecule has 9 nitrogen and oxygen atoms in total. The number of allylic oxidation sites excluding steroid dienone is 2. The van der Waals surface area contributed by atoms with E-state index >= 15 is 0 Å². The van der Waals surface area contributed by atoms with Gasteiger partial charge in [0.2, 0.25) is 21.8 Å². The van der Waals surface area contributed by atoms with Crippen molar-refractivity contribution in [3.05, 3.63) is 70.7 Å². The second kappa shape index (κ2) is 13.7. The number of ether oxygens (including phenoxy) is 1. The van der Waals surface area contributed by atoms with Crippen LogP contribution in [0.3, 0.4) is 0 Å². The Bertz CT molecular complexity index is 1840. The standard InChI is InChI=1S/C36H40BrN3O6S2/c37-26-13-16-29-32(18-26)47-35(38-29)46-27-19-30-31(41)21-36(34(43)39-48(44,45)28-14-15-28)20-25(36)12-8-3-1-2-7-11-24(33(42)40(30)22-27)17-23-9-5-4-6-10-23/h4-6,8-10,12-13,16,18,24-25,27-28,30H,1-3,7,11,14-15,17,19-22H2,(H,39,43)/b12-8-/t24-,25+,27-,30+,36-/m1/s1. The maximum absolute atomic E-state index is 14.5. The van der Waals surface area contributed by atoms with Crippen molar-refractivity contribution in [2.45, 2.75) is 88.0 Å². The molecule has 4 aliphatic rings. The van der Waals surface area contributed by atoms with Gasteiger partial charge in [-0.2, -0.15) is 0 Å². The van der Waals surface area contributed by atoms with Crippen molar-refractivity contribution in [1.29, 1.82) is 0 Å². The van der Waals surface area contributed by atoms with Gasteiger partial charge < -0.3 is 9.64 Å². The van der Waals surface area contributed by atoms with Crippen LogP contribution in [0.5, 0.6) is 5.19 Å². The summed E-state index contributed by atoms with van der Waals surface area (Å²) in [6.45, 7) is 0.235. The molecule has 12 heteroatoms. The maximum Gasteiger partial charge on any atom is 0.274 e. The van der Waals surface area contributed by atoms with Crippen molar-refractivity contribution in [3.8, 4) is 5.19 Å². The van der Waals surface area contributed by atoms with Crippen LogP contribution >= 0.6 is 27.3 Å². The van der Waals surface area contributed by atoms with Gasteiger partial charge in [0.25, 0.3) is 5.19 Å². The van der Waals surface area contributed by atoms with Crippen LogP contribution in [0.25, 0.3) is 10.2 Å². The molecule has 3 heterocycles. The summed E-state index contributed by atoms with van der Waals surface area (Å²) < 4.78 is 36.2. The number of halogens is 1. The monoisotopic (exact) mass is 753 g/mol. The first-order chi connectivity index (χ1) is 23.1. The van der Waals surface area contributed by atoms with Gasteiger partial charge in [-0.3, -0.25) is 19.1 Å². The van der Waals surface area contributed by atoms with Crippen LogP contribution in [0, 0.1) is 17.3 Å². The summed E-state index contributed by atoms with van der Waals surface area (Å²) in [5, 5.41) is -0.0697. The number of Topliss-reactive ketones (excluding diaryl/α,β-unsaturated/α-hetero) is 1. The van der Waals surface area contributed by atoms with Gasteiger partial charge in [-0.15, -0.1) is 0 Å². The van der Waals surface area contributed by atoms with E-state index in [4.69, 9.17) is 4.74 Å². The van der Waals surface area contributed by atoms with Crippen LogP contribution in [0.4, 0.5) is 0 Å². The molecule has 1 saturated heterocycles. The number of rotatable bonds is 7. The molecule has 2 aromatic carbocycles. The van der Waals surface area contributed by atoms with E-state index in [1.54, 1.807) is 4.90 Å². The highest BCUT2D eigenvalue weighted by molar-refractivity contribution is 9.10. The maximum atomic E-state index is 14.5. The number of carbonyl (C=O) groups excluding carboxylic acids is 3. The lowest BCUT2D eigenvalue weighted by Gasteiger charge is -2.29. The lowest BCUT2D eigenvalue weighted by atomic mass is 9.90. The van der Waals surface area contributed by atoms with Gasteiger partial charge >= 0.3 is 0 Å². The number of carbonyl (C=O) groups is 3. The van der Waals surface area contributed by atoms with Crippen molar-refractivity contribution in [2.24, 2.45) is 17.3 Å². The fourth-order valence-electron chi connectivity index (χ4n) is 7.29. The van der Waals surface area contributed by atoms with Crippen LogP contribution in [0.15, 0.2) is 65.2 Å². The van der Waals surface area contributed by atoms with E-state index in [0.717, 1.165) is 45.9 Å². The first kappa shape index (κ1) is 33.4. The van der Waals surface area contributed by atoms with Crippen LogP contribution < -0.4 is 9.46 Å². The second-order valence-corrected chi connectivity index (χ2v) is 17.7. The third kappa shape index (κ3) is 7.26. The Balaban J connectivity index is 1.18. The van der Waals surface area contributed by atoms with E-state index in [1.165, 1.54) is 11.3 Å². The van der Waals surface area contributed by atoms with Crippen molar-refractivity contribution < 1.29 is 27.5 Å². The summed E-state index contributed by atoms with van der Waals surface area (Å²) in [4.78, 5) is 48.9. The summed E-state index contributed by atoms with van der Waals surface area (Å²) in [7, 11) is -3.78. The van der Waals surface area contributed by atoms with Crippen molar-refractivity contribution >= 4 is 65.1 Å². The Morgan fingerprint density at radius 3 is 2.69 bits per heavy atom. The normalized spacial score (nSPS) is 29.0. The van der Waals surface area contributed by atoms with Crippen molar-refractivity contribution in [2.75, 3.05) is 6.54 Å². The lowest BCUT2D eigenvalue weighted by Crippen LogP contribution is -2.46. The molecule has 2 saturated carbocycles. The van der Waals surface area contributed by atoms with Gasteiger partial charge in [0.1, 0.15) is 6.10 Å². The van der Waals surface area contributed by atoms with Gasteiger partial charge in [0.15, 0.2) is 5.78 Å². The Morgan fingerprint density at radius 2 is 1.90 bits per heavy atom. The molecule has 2 aliphatic carbocycles. The Morgan fingerprint density at radius 1 is 1.08 bits per heavy atom. The molecule has 0 bridgehead atoms. The smallest absolute Gasteiger partial charge is 0.274 e. The number of benzene rings is 2. The summed E-state index contributed by atoms with van der Waals surface area (Å²) in [6, 6.07) is 15.0. The molecule has 0 unspecified atom stereocenters. The lowest BCUT2D eigenvalue weighted by molar-refractivity contribution is -0.142. The van der Waals surface area contributed by atoms with Crippen molar-refractivity contribution in [1.82, 2.24) is 14.6 Å². The minimum atomic E-state index is -3.78. The minimum absolute atomic E-state index is 0.0771. The molecule has 2 aliphatic heterocycles. The molecule has 1 N–H and O–H groups in total. The second-order valence-electron chi connectivity index (χ2n) is 13.8. The third-order valence-electron chi connectivity index (χ3n) is 10.3. The Labute approximate surface area is 293 Å². The summed E-state index contributed by atoms with van der Waals surface area (Å²) in [5.41, 5.74) is 0.733. The summed E-state index contributed by atoms with van der Waals surface area (Å²) >= 11 is 4.92. The summed E-state index contributed by atoms with van der Waals surface area (Å²) in [5.74, 6) is -1.45. The van der Waals surface area contributed by atoms with Crippen molar-refractivity contribution in [3.63, 3.8) is 0 Å². The number of nitrogens with one attached hydrogen (secondary N) is 1. The number of nitrogens with zero attached hydrogens (tertiary/aromatic N) is 2. The average Bonchev–Trinajstić information content (AvgIpc) is 3.95. The number of ketones is 1. The Hall–Kier alpha value is -3.09. The van der Waals surface area contributed by atoms with E-state index in [-0.39, 0.29) is 42.9 Å². The number of amides is 2. The number of hydrogen-bond acceptors (Lipinski definition) is 8. The molecule has 254 valence electrons. The SMILES string of the molecule is O=C1C[C@]2(C(=O)NS(=O)(=O)C3CC3)C[C@@H]2/C=C\CCCCC[C@H](Cc2ccccc2)C(=O)N2C[C@H](Oc3nc4ccc(Br)cc4s3)C[C@@H]12. The number of fused-ring (bicyclic) bond motifs is 3. The van der Waals surface area contributed by atoms with Gasteiger partial charge in [-0.05, 0) is 74.6 Å². The molecule has 3 fully saturated rings. The first-order valence-electron chi connectivity index (χ1n) is 16.9. The van der Waals surface area contributed by atoms with E-state index in [1.807, 2.05) is 54.6 Å². The van der Waals surface area contributed by atoms with E-state index in [2.05, 4.69) is 31.7 Å². The minimum Gasteiger partial charge on any atom is -0.465 e. The largest absolute Gasteiger partial charge is 0.465 e. The predicted molar refractivity (Wildman–Crippen MR) is 188 cm³/mol. The van der Waals surface area contributed by atoms with E-state index in [9.17, 15) is 22.8 Å². The molecular formula is C36H40BrN3O6S2. The highest BCUT2D eigenvalue weighted by atomic mass is 79.9. The fraction of sp³-hybridized carbons (Fsp3) is 0.500. The molecule has 7 rings (SSSR count). The van der Waals surface area contributed by atoms with E-state index in [0.29, 0.717) is 37.3 Å². The number of aromatic nitrogens is 1. The van der Waals surface area contributed by atoms with Crippen LogP contribution in [0.1, 0.15) is 69.8 Å². The van der Waals surface area contributed by atoms with Gasteiger partial charge in [0.05, 0.1) is 33.5 Å². The predicted octanol–water partition coefficient (Wildman–Crippen LogP) is 6.36. The molecular weight excluding hydrogens is 714 g/mol. The topological polar surface area (TPSA) is 123 Å². The molecule has 0 spiro atoms. The van der Waals surface area contributed by atoms with Gasteiger partial charge in [0, 0.05) is 23.2 Å². The zero-order chi connectivity index (χ0) is 33.5. The van der Waals surface area contributed by atoms with Gasteiger partial charge in [-0.25, -0.2) is 13.4 Å².